The monoisotopic (exact) mass is 497 g/mol. The molecular formula is C23H29ClFN3O4S. The molecule has 10 heteroatoms. The lowest BCUT2D eigenvalue weighted by Crippen LogP contribution is -2.44. The van der Waals surface area contributed by atoms with E-state index in [1.165, 1.54) is 10.4 Å². The minimum Gasteiger partial charge on any atom is -0.497 e. The molecule has 1 N–H and O–H groups in total. The van der Waals surface area contributed by atoms with Crippen molar-refractivity contribution in [2.75, 3.05) is 40.8 Å². The van der Waals surface area contributed by atoms with Gasteiger partial charge in [-0.2, -0.15) is 4.31 Å². The Hall–Kier alpha value is -2.20. The molecule has 1 saturated heterocycles. The van der Waals surface area contributed by atoms with E-state index in [2.05, 4.69) is 5.32 Å². The lowest BCUT2D eigenvalue weighted by atomic mass is 9.97. The SMILES string of the molecule is COc1cccc(C(CNC(=O)C2CCN(S(=O)(=O)c3ccc(F)c(Cl)c3)CC2)N(C)C)c1. The van der Waals surface area contributed by atoms with Crippen molar-refractivity contribution >= 4 is 27.5 Å². The second kappa shape index (κ2) is 10.8. The van der Waals surface area contributed by atoms with Gasteiger partial charge in [0.25, 0.3) is 0 Å². The molecule has 0 aromatic heterocycles. The minimum atomic E-state index is -3.80. The fourth-order valence-electron chi connectivity index (χ4n) is 3.93. The second-order valence-electron chi connectivity index (χ2n) is 8.26. The van der Waals surface area contributed by atoms with E-state index in [1.807, 2.05) is 43.3 Å². The van der Waals surface area contributed by atoms with Crippen LogP contribution in [0.2, 0.25) is 5.02 Å². The Morgan fingerprint density at radius 1 is 1.24 bits per heavy atom. The summed E-state index contributed by atoms with van der Waals surface area (Å²) in [5, 5.41) is 2.78. The highest BCUT2D eigenvalue weighted by atomic mass is 35.5. The average molecular weight is 498 g/mol. The Kier molecular flexibility index (Phi) is 8.33. The number of nitrogens with one attached hydrogen (secondary N) is 1. The van der Waals surface area contributed by atoms with Crippen molar-refractivity contribution in [3.05, 3.63) is 58.9 Å². The molecule has 0 saturated carbocycles. The van der Waals surface area contributed by atoms with Gasteiger partial charge in [0.2, 0.25) is 15.9 Å². The zero-order valence-electron chi connectivity index (χ0n) is 18.9. The number of methoxy groups -OCH3 is 1. The molecule has 180 valence electrons. The molecule has 0 radical (unpaired) electrons. The third-order valence-corrected chi connectivity index (χ3v) is 8.11. The highest BCUT2D eigenvalue weighted by Crippen LogP contribution is 2.27. The van der Waals surface area contributed by atoms with Gasteiger partial charge in [0.05, 0.1) is 23.1 Å². The van der Waals surface area contributed by atoms with Gasteiger partial charge in [-0.1, -0.05) is 23.7 Å². The number of rotatable bonds is 8. The van der Waals surface area contributed by atoms with Crippen molar-refractivity contribution in [2.45, 2.75) is 23.8 Å². The van der Waals surface area contributed by atoms with Gasteiger partial charge in [-0.25, -0.2) is 12.8 Å². The smallest absolute Gasteiger partial charge is 0.243 e. The topological polar surface area (TPSA) is 79.0 Å². The van der Waals surface area contributed by atoms with Gasteiger partial charge >= 0.3 is 0 Å². The summed E-state index contributed by atoms with van der Waals surface area (Å²) < 4.78 is 45.7. The van der Waals surface area contributed by atoms with E-state index in [1.54, 1.807) is 7.11 Å². The molecule has 1 heterocycles. The molecule has 0 bridgehead atoms. The molecule has 2 aromatic rings. The molecule has 1 aliphatic heterocycles. The van der Waals surface area contributed by atoms with Crippen LogP contribution in [0, 0.1) is 11.7 Å². The Morgan fingerprint density at radius 2 is 1.94 bits per heavy atom. The van der Waals surface area contributed by atoms with Gasteiger partial charge in [0, 0.05) is 25.6 Å². The molecule has 7 nitrogen and oxygen atoms in total. The number of amides is 1. The van der Waals surface area contributed by atoms with Crippen molar-refractivity contribution in [3.63, 3.8) is 0 Å². The van der Waals surface area contributed by atoms with Crippen LogP contribution < -0.4 is 10.1 Å². The number of sulfonamides is 1. The Bertz CT molecular complexity index is 1090. The Morgan fingerprint density at radius 3 is 2.55 bits per heavy atom. The summed E-state index contributed by atoms with van der Waals surface area (Å²) in [5.74, 6) is -0.286. The maximum absolute atomic E-state index is 13.4. The molecule has 33 heavy (non-hydrogen) atoms. The first-order valence-electron chi connectivity index (χ1n) is 10.7. The zero-order chi connectivity index (χ0) is 24.2. The number of benzene rings is 2. The minimum absolute atomic E-state index is 0.0345. The van der Waals surface area contributed by atoms with Crippen LogP contribution in [0.5, 0.6) is 5.75 Å². The summed E-state index contributed by atoms with van der Waals surface area (Å²) in [7, 11) is 1.71. The van der Waals surface area contributed by atoms with Gasteiger partial charge in [-0.05, 0) is 62.8 Å². The van der Waals surface area contributed by atoms with Gasteiger partial charge in [-0.15, -0.1) is 0 Å². The van der Waals surface area contributed by atoms with E-state index >= 15 is 0 Å². The van der Waals surface area contributed by atoms with Crippen LogP contribution in [0.1, 0.15) is 24.4 Å². The van der Waals surface area contributed by atoms with Gasteiger partial charge in [0.1, 0.15) is 11.6 Å². The Balaban J connectivity index is 1.58. The van der Waals surface area contributed by atoms with Crippen LogP contribution in [0.3, 0.4) is 0 Å². The highest BCUT2D eigenvalue weighted by molar-refractivity contribution is 7.89. The van der Waals surface area contributed by atoms with Crippen molar-refractivity contribution in [3.8, 4) is 5.75 Å². The summed E-state index contributed by atoms with van der Waals surface area (Å²) >= 11 is 5.75. The number of hydrogen-bond donors (Lipinski definition) is 1. The van der Waals surface area contributed by atoms with E-state index in [9.17, 15) is 17.6 Å². The fourth-order valence-corrected chi connectivity index (χ4v) is 5.68. The number of hydrogen-bond acceptors (Lipinski definition) is 5. The number of carbonyl (C=O) groups is 1. The number of ether oxygens (including phenoxy) is 1. The molecule has 1 fully saturated rings. The highest BCUT2D eigenvalue weighted by Gasteiger charge is 2.32. The standard InChI is InChI=1S/C23H29ClFN3O4S/c1-27(2)22(17-5-4-6-18(13-17)32-3)15-26-23(29)16-9-11-28(12-10-16)33(30,31)19-7-8-21(25)20(24)14-19/h4-8,13-14,16,22H,9-12,15H2,1-3H3,(H,26,29). The largest absolute Gasteiger partial charge is 0.497 e. The van der Waals surface area contributed by atoms with Crippen LogP contribution in [0.4, 0.5) is 4.39 Å². The predicted octanol–water partition coefficient (Wildman–Crippen LogP) is 3.31. The molecule has 0 aliphatic carbocycles. The van der Waals surface area contributed by atoms with Gasteiger partial charge in [-0.3, -0.25) is 4.79 Å². The van der Waals surface area contributed by atoms with Crippen LogP contribution in [-0.4, -0.2) is 64.4 Å². The Labute approximate surface area is 199 Å². The third kappa shape index (κ3) is 6.03. The van der Waals surface area contributed by atoms with Gasteiger partial charge < -0.3 is 15.0 Å². The lowest BCUT2D eigenvalue weighted by Gasteiger charge is -2.31. The van der Waals surface area contributed by atoms with Crippen molar-refractivity contribution in [1.82, 2.24) is 14.5 Å². The quantitative estimate of drug-likeness (QED) is 0.605. The number of nitrogens with zero attached hydrogens (tertiary/aromatic N) is 2. The van der Waals surface area contributed by atoms with E-state index in [4.69, 9.17) is 16.3 Å². The molecule has 1 amide bonds. The molecule has 0 spiro atoms. The van der Waals surface area contributed by atoms with Crippen LogP contribution >= 0.6 is 11.6 Å². The molecular weight excluding hydrogens is 469 g/mol. The lowest BCUT2D eigenvalue weighted by molar-refractivity contribution is -0.126. The van der Waals surface area contributed by atoms with E-state index in [-0.39, 0.29) is 40.9 Å². The number of likely N-dealkylation sites (N-methyl/N-ethyl adjacent to an activating group) is 1. The van der Waals surface area contributed by atoms with Crippen molar-refractivity contribution < 1.29 is 22.3 Å². The van der Waals surface area contributed by atoms with Crippen LogP contribution in [-0.2, 0) is 14.8 Å². The van der Waals surface area contributed by atoms with Gasteiger partial charge in [0.15, 0.2) is 0 Å². The maximum Gasteiger partial charge on any atom is 0.243 e. The maximum atomic E-state index is 13.4. The first-order chi connectivity index (χ1) is 15.6. The number of carbonyl (C=O) groups excluding carboxylic acids is 1. The normalized spacial score (nSPS) is 16.5. The average Bonchev–Trinajstić information content (AvgIpc) is 2.80. The number of piperidine rings is 1. The summed E-state index contributed by atoms with van der Waals surface area (Å²) in [6.07, 6.45) is 0.817. The zero-order valence-corrected chi connectivity index (χ0v) is 20.5. The summed E-state index contributed by atoms with van der Waals surface area (Å²) in [4.78, 5) is 14.8. The summed E-state index contributed by atoms with van der Waals surface area (Å²) in [6.45, 7) is 0.844. The van der Waals surface area contributed by atoms with E-state index < -0.39 is 15.8 Å². The molecule has 1 aliphatic rings. The van der Waals surface area contributed by atoms with Crippen molar-refractivity contribution in [1.29, 1.82) is 0 Å². The molecule has 3 rings (SSSR count). The number of halogens is 2. The van der Waals surface area contributed by atoms with Crippen LogP contribution in [0.25, 0.3) is 0 Å². The predicted molar refractivity (Wildman–Crippen MR) is 125 cm³/mol. The molecule has 1 atom stereocenters. The summed E-state index contributed by atoms with van der Waals surface area (Å²) in [5.41, 5.74) is 1.03. The fraction of sp³-hybridized carbons (Fsp3) is 0.435. The van der Waals surface area contributed by atoms with E-state index in [0.29, 0.717) is 19.4 Å². The van der Waals surface area contributed by atoms with Crippen molar-refractivity contribution in [2.24, 2.45) is 5.92 Å². The molecule has 1 unspecified atom stereocenters. The first kappa shape index (κ1) is 25.4. The summed E-state index contributed by atoms with van der Waals surface area (Å²) in [6, 6.07) is 11.0. The third-order valence-electron chi connectivity index (χ3n) is 5.93. The van der Waals surface area contributed by atoms with E-state index in [0.717, 1.165) is 23.4 Å². The molecule has 2 aromatic carbocycles. The first-order valence-corrected chi connectivity index (χ1v) is 12.5. The second-order valence-corrected chi connectivity index (χ2v) is 10.6. The van der Waals surface area contributed by atoms with Crippen LogP contribution in [0.15, 0.2) is 47.4 Å².